The van der Waals surface area contributed by atoms with E-state index in [-0.39, 0.29) is 12.7 Å². The van der Waals surface area contributed by atoms with Crippen LogP contribution in [0.15, 0.2) is 11.8 Å². The molecule has 1 aliphatic rings. The van der Waals surface area contributed by atoms with E-state index in [2.05, 4.69) is 4.90 Å². The summed E-state index contributed by atoms with van der Waals surface area (Å²) in [5, 5.41) is 8.90. The van der Waals surface area contributed by atoms with E-state index in [0.717, 1.165) is 6.42 Å². The fourth-order valence-electron chi connectivity index (χ4n) is 1.42. The first-order valence-electron chi connectivity index (χ1n) is 4.28. The lowest BCUT2D eigenvalue weighted by Crippen LogP contribution is -2.34. The third kappa shape index (κ3) is 2.22. The summed E-state index contributed by atoms with van der Waals surface area (Å²) in [5.74, 6) is 0.701. The molecule has 70 valence electrons. The molecule has 0 aromatic rings. The van der Waals surface area contributed by atoms with Gasteiger partial charge in [0.1, 0.15) is 12.4 Å². The first-order chi connectivity index (χ1) is 5.63. The van der Waals surface area contributed by atoms with Crippen molar-refractivity contribution in [2.75, 3.05) is 20.7 Å². The molecule has 2 unspecified atom stereocenters. The number of nitrogens with zero attached hydrogens (tertiary/aromatic N) is 1. The molecule has 0 amide bonds. The molecule has 1 rings (SSSR count). The average Bonchev–Trinajstić information content (AvgIpc) is 2.03. The Labute approximate surface area is 73.6 Å². The van der Waals surface area contributed by atoms with Gasteiger partial charge in [-0.25, -0.2) is 0 Å². The van der Waals surface area contributed by atoms with Crippen LogP contribution in [0.4, 0.5) is 0 Å². The average molecular weight is 171 g/mol. The Morgan fingerprint density at radius 1 is 1.67 bits per heavy atom. The molecule has 0 fully saturated rings. The number of hydrogen-bond donors (Lipinski definition) is 1. The Morgan fingerprint density at radius 2 is 2.33 bits per heavy atom. The predicted octanol–water partition coefficient (Wildman–Crippen LogP) is 0.602. The van der Waals surface area contributed by atoms with Crippen molar-refractivity contribution >= 4 is 0 Å². The third-order valence-corrected chi connectivity index (χ3v) is 2.12. The summed E-state index contributed by atoms with van der Waals surface area (Å²) >= 11 is 0. The molecule has 2 atom stereocenters. The lowest BCUT2D eigenvalue weighted by Gasteiger charge is -2.30. The molecule has 0 radical (unpaired) electrons. The van der Waals surface area contributed by atoms with Crippen molar-refractivity contribution in [1.29, 1.82) is 0 Å². The van der Waals surface area contributed by atoms with Crippen LogP contribution in [0, 0.1) is 0 Å². The number of rotatable bonds is 2. The molecule has 0 bridgehead atoms. The molecule has 0 spiro atoms. The van der Waals surface area contributed by atoms with Crippen LogP contribution in [-0.4, -0.2) is 42.9 Å². The minimum absolute atomic E-state index is 0.00861. The van der Waals surface area contributed by atoms with Crippen LogP contribution in [0.5, 0.6) is 0 Å². The van der Waals surface area contributed by atoms with Gasteiger partial charge in [-0.1, -0.05) is 0 Å². The van der Waals surface area contributed by atoms with Crippen LogP contribution in [0.2, 0.25) is 0 Å². The Balaban J connectivity index is 2.64. The zero-order valence-corrected chi connectivity index (χ0v) is 7.95. The van der Waals surface area contributed by atoms with Crippen molar-refractivity contribution < 1.29 is 9.84 Å². The summed E-state index contributed by atoms with van der Waals surface area (Å²) in [5.41, 5.74) is 0. The fourth-order valence-corrected chi connectivity index (χ4v) is 1.42. The maximum atomic E-state index is 8.90. The second-order valence-corrected chi connectivity index (χ2v) is 3.49. The van der Waals surface area contributed by atoms with Gasteiger partial charge in [0.25, 0.3) is 0 Å². The topological polar surface area (TPSA) is 32.7 Å². The summed E-state index contributed by atoms with van der Waals surface area (Å²) < 4.78 is 5.40. The van der Waals surface area contributed by atoms with Gasteiger partial charge in [-0.05, 0) is 27.1 Å². The predicted molar refractivity (Wildman–Crippen MR) is 47.8 cm³/mol. The minimum Gasteiger partial charge on any atom is -0.493 e. The molecular formula is C9H17NO2. The minimum atomic E-state index is 0.00861. The maximum Gasteiger partial charge on any atom is 0.119 e. The summed E-state index contributed by atoms with van der Waals surface area (Å²) in [4.78, 5) is 2.13. The molecule has 3 nitrogen and oxygen atoms in total. The van der Waals surface area contributed by atoms with Gasteiger partial charge >= 0.3 is 0 Å². The second kappa shape index (κ2) is 3.92. The Morgan fingerprint density at radius 3 is 2.83 bits per heavy atom. The monoisotopic (exact) mass is 171 g/mol. The molecule has 0 saturated carbocycles. The highest BCUT2D eigenvalue weighted by atomic mass is 16.5. The Bertz CT molecular complexity index is 177. The summed E-state index contributed by atoms with van der Waals surface area (Å²) in [6, 6.07) is 0.399. The van der Waals surface area contributed by atoms with Gasteiger partial charge in [0.2, 0.25) is 0 Å². The highest BCUT2D eigenvalue weighted by Gasteiger charge is 2.20. The van der Waals surface area contributed by atoms with Gasteiger partial charge in [0.05, 0.1) is 6.10 Å². The molecule has 0 aromatic carbocycles. The molecular weight excluding hydrogens is 154 g/mol. The zero-order chi connectivity index (χ0) is 9.14. The molecule has 1 heterocycles. The molecule has 0 aromatic heterocycles. The molecule has 12 heavy (non-hydrogen) atoms. The molecule has 0 saturated heterocycles. The number of aliphatic hydroxyl groups excluding tert-OH is 1. The van der Waals surface area contributed by atoms with Crippen LogP contribution in [-0.2, 0) is 4.74 Å². The van der Waals surface area contributed by atoms with E-state index < -0.39 is 0 Å². The summed E-state index contributed by atoms with van der Waals surface area (Å²) in [6.07, 6.45) is 3.20. The molecule has 0 aliphatic carbocycles. The van der Waals surface area contributed by atoms with E-state index in [9.17, 15) is 0 Å². The van der Waals surface area contributed by atoms with Crippen molar-refractivity contribution in [1.82, 2.24) is 4.90 Å². The molecule has 1 N–H and O–H groups in total. The first-order valence-corrected chi connectivity index (χ1v) is 4.28. The lowest BCUT2D eigenvalue weighted by atomic mass is 10.1. The quantitative estimate of drug-likeness (QED) is 0.660. The number of likely N-dealkylation sites (N-methyl/N-ethyl adjacent to an activating group) is 1. The van der Waals surface area contributed by atoms with Crippen LogP contribution in [0.25, 0.3) is 0 Å². The van der Waals surface area contributed by atoms with Crippen molar-refractivity contribution in [3.63, 3.8) is 0 Å². The van der Waals surface area contributed by atoms with E-state index in [1.54, 1.807) is 0 Å². The number of ether oxygens (including phenoxy) is 1. The molecule has 3 heteroatoms. The van der Waals surface area contributed by atoms with E-state index in [0.29, 0.717) is 11.8 Å². The van der Waals surface area contributed by atoms with Crippen LogP contribution < -0.4 is 0 Å². The van der Waals surface area contributed by atoms with Crippen molar-refractivity contribution in [3.8, 4) is 0 Å². The van der Waals surface area contributed by atoms with Gasteiger partial charge in [-0.15, -0.1) is 0 Å². The normalized spacial score (nSPS) is 29.9. The third-order valence-electron chi connectivity index (χ3n) is 2.12. The standard InChI is InChI=1S/C9H17NO2/c1-7-4-8(10(2)3)5-9(6-11)12-7/h5,7-8,11H,4,6H2,1-3H3. The highest BCUT2D eigenvalue weighted by molar-refractivity contribution is 5.05. The first kappa shape index (κ1) is 9.55. The van der Waals surface area contributed by atoms with E-state index in [1.165, 1.54) is 0 Å². The Hall–Kier alpha value is -0.540. The molecule has 1 aliphatic heterocycles. The largest absolute Gasteiger partial charge is 0.493 e. The number of aliphatic hydroxyl groups is 1. The van der Waals surface area contributed by atoms with Gasteiger partial charge in [-0.2, -0.15) is 0 Å². The maximum absolute atomic E-state index is 8.90. The van der Waals surface area contributed by atoms with E-state index in [1.807, 2.05) is 27.1 Å². The van der Waals surface area contributed by atoms with E-state index >= 15 is 0 Å². The van der Waals surface area contributed by atoms with Crippen LogP contribution in [0.1, 0.15) is 13.3 Å². The second-order valence-electron chi connectivity index (χ2n) is 3.49. The smallest absolute Gasteiger partial charge is 0.119 e. The zero-order valence-electron chi connectivity index (χ0n) is 7.95. The number of hydrogen-bond acceptors (Lipinski definition) is 3. The lowest BCUT2D eigenvalue weighted by molar-refractivity contribution is 0.0602. The van der Waals surface area contributed by atoms with E-state index in [4.69, 9.17) is 9.84 Å². The highest BCUT2D eigenvalue weighted by Crippen LogP contribution is 2.19. The van der Waals surface area contributed by atoms with Crippen LogP contribution in [0.3, 0.4) is 0 Å². The Kier molecular flexibility index (Phi) is 3.12. The summed E-state index contributed by atoms with van der Waals surface area (Å²) in [6.45, 7) is 2.04. The van der Waals surface area contributed by atoms with Gasteiger partial charge in [0, 0.05) is 12.5 Å². The fraction of sp³-hybridized carbons (Fsp3) is 0.778. The van der Waals surface area contributed by atoms with Gasteiger partial charge in [-0.3, -0.25) is 0 Å². The van der Waals surface area contributed by atoms with Gasteiger partial charge in [0.15, 0.2) is 0 Å². The summed E-state index contributed by atoms with van der Waals surface area (Å²) in [7, 11) is 4.07. The van der Waals surface area contributed by atoms with Gasteiger partial charge < -0.3 is 14.7 Å². The van der Waals surface area contributed by atoms with Crippen molar-refractivity contribution in [2.45, 2.75) is 25.5 Å². The van der Waals surface area contributed by atoms with Crippen molar-refractivity contribution in [3.05, 3.63) is 11.8 Å². The van der Waals surface area contributed by atoms with Crippen molar-refractivity contribution in [2.24, 2.45) is 0 Å². The van der Waals surface area contributed by atoms with Crippen LogP contribution >= 0.6 is 0 Å². The SMILES string of the molecule is CC1CC(N(C)C)C=C(CO)O1.